The van der Waals surface area contributed by atoms with E-state index in [9.17, 15) is 4.79 Å². The summed E-state index contributed by atoms with van der Waals surface area (Å²) in [6, 6.07) is 6.59. The highest BCUT2D eigenvalue weighted by Gasteiger charge is 2.16. The first-order valence-electron chi connectivity index (χ1n) is 8.02. The fraction of sp³-hybridized carbons (Fsp3) is 0.474. The molecule has 1 aromatic carbocycles. The van der Waals surface area contributed by atoms with Crippen molar-refractivity contribution in [3.05, 3.63) is 41.0 Å². The van der Waals surface area contributed by atoms with E-state index >= 15 is 0 Å². The van der Waals surface area contributed by atoms with Crippen LogP contribution in [0, 0.1) is 13.8 Å². The lowest BCUT2D eigenvalue weighted by Crippen LogP contribution is -2.28. The molecule has 0 fully saturated rings. The van der Waals surface area contributed by atoms with Gasteiger partial charge in [-0.2, -0.15) is 4.99 Å². The Labute approximate surface area is 138 Å². The van der Waals surface area contributed by atoms with Crippen molar-refractivity contribution in [1.82, 2.24) is 4.90 Å². The Balaban J connectivity index is 1.95. The van der Waals surface area contributed by atoms with Gasteiger partial charge < -0.3 is 9.64 Å². The minimum absolute atomic E-state index is 0.507. The molecule has 124 valence electrons. The van der Waals surface area contributed by atoms with Crippen LogP contribution in [0.3, 0.4) is 0 Å². The number of hydrogen-bond acceptors (Lipinski definition) is 2. The van der Waals surface area contributed by atoms with Crippen molar-refractivity contribution in [1.29, 1.82) is 0 Å². The Morgan fingerprint density at radius 1 is 1.26 bits per heavy atom. The summed E-state index contributed by atoms with van der Waals surface area (Å²) in [4.78, 5) is 17.5. The minimum Gasteiger partial charge on any atom is -0.442 e. The third-order valence-corrected chi connectivity index (χ3v) is 3.84. The summed E-state index contributed by atoms with van der Waals surface area (Å²) in [6.45, 7) is 11.4. The van der Waals surface area contributed by atoms with Crippen LogP contribution in [0.5, 0.6) is 0 Å². The second-order valence-corrected chi connectivity index (χ2v) is 7.00. The number of hydrogen-bond donors (Lipinski definition) is 0. The molecule has 0 unspecified atom stereocenters. The molecular weight excluding hydrogens is 288 g/mol. The highest BCUT2D eigenvalue weighted by Crippen LogP contribution is 2.23. The maximum absolute atomic E-state index is 11.6. The normalized spacial score (nSPS) is 15.7. The number of benzene rings is 1. The Kier molecular flexibility index (Phi) is 5.24. The van der Waals surface area contributed by atoms with E-state index in [1.807, 2.05) is 25.7 Å². The molecule has 0 N–H and O–H groups in total. The Morgan fingerprint density at radius 3 is 2.57 bits per heavy atom. The van der Waals surface area contributed by atoms with E-state index in [4.69, 9.17) is 4.74 Å². The molecule has 2 rings (SSSR count). The fourth-order valence-electron chi connectivity index (χ4n) is 2.41. The number of nitrogens with zero attached hydrogens (tertiary/aromatic N) is 2. The zero-order valence-electron chi connectivity index (χ0n) is 14.7. The molecule has 0 aromatic heterocycles. The van der Waals surface area contributed by atoms with Gasteiger partial charge in [0.1, 0.15) is 5.60 Å². The summed E-state index contributed by atoms with van der Waals surface area (Å²) in [5, 5.41) is 0. The largest absolute Gasteiger partial charge is 0.442 e. The van der Waals surface area contributed by atoms with Gasteiger partial charge in [-0.05, 0) is 63.3 Å². The Morgan fingerprint density at radius 2 is 2.00 bits per heavy atom. The lowest BCUT2D eigenvalue weighted by Gasteiger charge is -2.24. The molecule has 0 spiro atoms. The first kappa shape index (κ1) is 17.3. The van der Waals surface area contributed by atoms with Crippen molar-refractivity contribution in [2.45, 2.75) is 46.6 Å². The molecule has 0 saturated heterocycles. The Bertz CT molecular complexity index is 639. The van der Waals surface area contributed by atoms with Crippen molar-refractivity contribution in [3.8, 4) is 0 Å². The predicted octanol–water partition coefficient (Wildman–Crippen LogP) is 4.36. The molecule has 23 heavy (non-hydrogen) atoms. The van der Waals surface area contributed by atoms with Crippen molar-refractivity contribution < 1.29 is 9.53 Å². The van der Waals surface area contributed by atoms with Crippen molar-refractivity contribution in [2.24, 2.45) is 4.99 Å². The van der Waals surface area contributed by atoms with Crippen LogP contribution < -0.4 is 0 Å². The monoisotopic (exact) mass is 314 g/mol. The quantitative estimate of drug-likeness (QED) is 0.602. The summed E-state index contributed by atoms with van der Waals surface area (Å²) in [7, 11) is 0. The topological polar surface area (TPSA) is 41.9 Å². The maximum atomic E-state index is 11.6. The van der Waals surface area contributed by atoms with E-state index in [0.29, 0.717) is 0 Å². The fourth-order valence-corrected chi connectivity index (χ4v) is 2.41. The molecule has 1 amide bonds. The van der Waals surface area contributed by atoms with Gasteiger partial charge in [0.2, 0.25) is 0 Å². The van der Waals surface area contributed by atoms with Gasteiger partial charge in [-0.1, -0.05) is 24.3 Å². The molecular formula is C19H26N2O2. The standard InChI is InChI=1S/C19H26N2O2/c1-14-6-7-17(12-15(14)2)16-8-10-21(11-9-16)13-20-18(22)23-19(3,4)5/h6-8,12-13H,9-11H2,1-5H3. The van der Waals surface area contributed by atoms with Crippen LogP contribution in [0.25, 0.3) is 5.57 Å². The molecule has 1 aliphatic heterocycles. The van der Waals surface area contributed by atoms with Gasteiger partial charge in [0.25, 0.3) is 0 Å². The van der Waals surface area contributed by atoms with E-state index < -0.39 is 11.7 Å². The molecule has 0 radical (unpaired) electrons. The highest BCUT2D eigenvalue weighted by molar-refractivity contribution is 5.79. The van der Waals surface area contributed by atoms with Gasteiger partial charge in [0.15, 0.2) is 0 Å². The molecule has 0 aliphatic carbocycles. The van der Waals surface area contributed by atoms with Crippen LogP contribution in [-0.4, -0.2) is 36.0 Å². The third-order valence-electron chi connectivity index (χ3n) is 3.84. The zero-order valence-corrected chi connectivity index (χ0v) is 14.7. The van der Waals surface area contributed by atoms with Gasteiger partial charge in [-0.25, -0.2) is 4.79 Å². The van der Waals surface area contributed by atoms with Crippen LogP contribution >= 0.6 is 0 Å². The van der Waals surface area contributed by atoms with Crippen molar-refractivity contribution >= 4 is 18.0 Å². The number of aryl methyl sites for hydroxylation is 2. The van der Waals surface area contributed by atoms with Crippen molar-refractivity contribution in [3.63, 3.8) is 0 Å². The summed E-state index contributed by atoms with van der Waals surface area (Å²) in [5.74, 6) is 0. The lowest BCUT2D eigenvalue weighted by molar-refractivity contribution is 0.0603. The lowest BCUT2D eigenvalue weighted by atomic mass is 9.96. The van der Waals surface area contributed by atoms with Gasteiger partial charge in [-0.15, -0.1) is 0 Å². The molecule has 4 nitrogen and oxygen atoms in total. The molecule has 0 atom stereocenters. The van der Waals surface area contributed by atoms with Crippen LogP contribution in [0.15, 0.2) is 29.3 Å². The summed E-state index contributed by atoms with van der Waals surface area (Å²) < 4.78 is 5.16. The van der Waals surface area contributed by atoms with E-state index in [-0.39, 0.29) is 0 Å². The number of amides is 1. The molecule has 0 bridgehead atoms. The summed E-state index contributed by atoms with van der Waals surface area (Å²) in [5.41, 5.74) is 4.77. The van der Waals surface area contributed by atoms with Crippen LogP contribution in [0.4, 0.5) is 4.79 Å². The SMILES string of the molecule is Cc1ccc(C2=CCN(C=NC(=O)OC(C)(C)C)CC2)cc1C. The number of aliphatic imine (C=N–C) groups is 1. The van der Waals surface area contributed by atoms with E-state index in [1.165, 1.54) is 22.3 Å². The molecule has 1 heterocycles. The van der Waals surface area contributed by atoms with Crippen LogP contribution in [-0.2, 0) is 4.74 Å². The third kappa shape index (κ3) is 5.23. The number of carbonyl (C=O) groups is 1. The molecule has 1 aromatic rings. The highest BCUT2D eigenvalue weighted by atomic mass is 16.6. The number of rotatable bonds is 2. The molecule has 1 aliphatic rings. The second-order valence-electron chi connectivity index (χ2n) is 7.00. The number of carbonyl (C=O) groups excluding carboxylic acids is 1. The van der Waals surface area contributed by atoms with Crippen LogP contribution in [0.1, 0.15) is 43.9 Å². The average Bonchev–Trinajstić information content (AvgIpc) is 2.47. The molecule has 0 saturated carbocycles. The van der Waals surface area contributed by atoms with Gasteiger partial charge >= 0.3 is 6.09 Å². The minimum atomic E-state index is -0.540. The number of ether oxygens (including phenoxy) is 1. The average molecular weight is 314 g/mol. The smallest absolute Gasteiger partial charge is 0.435 e. The van der Waals surface area contributed by atoms with E-state index in [0.717, 1.165) is 19.5 Å². The van der Waals surface area contributed by atoms with Gasteiger partial charge in [0, 0.05) is 13.1 Å². The zero-order chi connectivity index (χ0) is 17.0. The summed E-state index contributed by atoms with van der Waals surface area (Å²) in [6.07, 6.45) is 4.20. The van der Waals surface area contributed by atoms with Crippen molar-refractivity contribution in [2.75, 3.05) is 13.1 Å². The first-order chi connectivity index (χ1) is 10.7. The second kappa shape index (κ2) is 6.99. The first-order valence-corrected chi connectivity index (χ1v) is 8.02. The van der Waals surface area contributed by atoms with Crippen LogP contribution in [0.2, 0.25) is 0 Å². The summed E-state index contributed by atoms with van der Waals surface area (Å²) >= 11 is 0. The van der Waals surface area contributed by atoms with E-state index in [2.05, 4.69) is 43.1 Å². The maximum Gasteiger partial charge on any atom is 0.435 e. The van der Waals surface area contributed by atoms with Gasteiger partial charge in [-0.3, -0.25) is 0 Å². The van der Waals surface area contributed by atoms with Gasteiger partial charge in [0.05, 0.1) is 6.34 Å². The predicted molar refractivity (Wildman–Crippen MR) is 94.8 cm³/mol. The van der Waals surface area contributed by atoms with E-state index in [1.54, 1.807) is 6.34 Å². The Hall–Kier alpha value is -2.10. The molecule has 4 heteroatoms.